The van der Waals surface area contributed by atoms with Gasteiger partial charge in [-0.3, -0.25) is 14.5 Å². The van der Waals surface area contributed by atoms with Gasteiger partial charge in [0.05, 0.1) is 18.7 Å². The van der Waals surface area contributed by atoms with Gasteiger partial charge in [-0.25, -0.2) is 14.3 Å². The number of carbonyl (C=O) groups is 1. The molecule has 45 heavy (non-hydrogen) atoms. The number of benzene rings is 1. The molecule has 0 bridgehead atoms. The number of nitrogens with zero attached hydrogens (tertiary/aromatic N) is 5. The minimum atomic E-state index is -2.70. The maximum absolute atomic E-state index is 15.0. The van der Waals surface area contributed by atoms with Gasteiger partial charge in [-0.1, -0.05) is 6.92 Å². The molecule has 0 spiro atoms. The molecule has 0 aliphatic carbocycles. The molecule has 12 heteroatoms. The van der Waals surface area contributed by atoms with E-state index >= 15 is 0 Å². The van der Waals surface area contributed by atoms with Crippen molar-refractivity contribution in [1.82, 2.24) is 30.1 Å². The predicted molar refractivity (Wildman–Crippen MR) is 169 cm³/mol. The second kappa shape index (κ2) is 13.6. The monoisotopic (exact) mass is 621 g/mol. The first-order valence-corrected chi connectivity index (χ1v) is 15.7. The molecule has 1 aromatic carbocycles. The second-order valence-corrected chi connectivity index (χ2v) is 11.6. The van der Waals surface area contributed by atoms with E-state index in [2.05, 4.69) is 32.3 Å². The Bertz CT molecular complexity index is 1660. The summed E-state index contributed by atoms with van der Waals surface area (Å²) in [7, 11) is 3.19. The van der Waals surface area contributed by atoms with Crippen molar-refractivity contribution in [2.24, 2.45) is 0 Å². The number of anilines is 2. The van der Waals surface area contributed by atoms with Crippen LogP contribution in [0, 0.1) is 0 Å². The lowest BCUT2D eigenvalue weighted by Gasteiger charge is -2.32. The number of likely N-dealkylation sites (N-methyl/N-ethyl adjacent to an activating group) is 1. The van der Waals surface area contributed by atoms with Crippen LogP contribution >= 0.6 is 0 Å². The minimum absolute atomic E-state index is 0.0464. The Kier molecular flexibility index (Phi) is 9.43. The lowest BCUT2D eigenvalue weighted by Crippen LogP contribution is -2.27. The van der Waals surface area contributed by atoms with Crippen molar-refractivity contribution >= 4 is 28.3 Å². The number of aromatic nitrogens is 4. The first-order valence-electron chi connectivity index (χ1n) is 15.7. The maximum Gasteiger partial charge on any atom is 0.264 e. The number of aryl methyl sites for hydroxylation is 1. The van der Waals surface area contributed by atoms with Gasteiger partial charge in [0.1, 0.15) is 6.54 Å². The van der Waals surface area contributed by atoms with E-state index in [1.165, 1.54) is 0 Å². The lowest BCUT2D eigenvalue weighted by atomic mass is 9.91. The molecule has 240 valence electrons. The standard InChI is InChI=1S/C33H41F2N7O3/c1-4-23-29(8-12-38-44-3)42(22-9-14-45-15-10-22)39-33(23)41-13-5-6-21-16-24(25(32(34)35)17-30(21)41)27-19-40(20-31(43)36-2)28-7-11-37-18-26(27)28/h7,11,16-19,22,32,38H,4-6,8-10,12-15,20H2,1-3H3,(H,36,43). The highest BCUT2D eigenvalue weighted by molar-refractivity contribution is 5.97. The third kappa shape index (κ3) is 6.06. The van der Waals surface area contributed by atoms with Gasteiger partial charge in [0.25, 0.3) is 6.43 Å². The van der Waals surface area contributed by atoms with Crippen LogP contribution in [0.1, 0.15) is 61.0 Å². The predicted octanol–water partition coefficient (Wildman–Crippen LogP) is 5.28. The average Bonchev–Trinajstić information content (AvgIpc) is 3.62. The van der Waals surface area contributed by atoms with Gasteiger partial charge in [-0.05, 0) is 61.4 Å². The number of amides is 1. The molecule has 1 saturated heterocycles. The molecule has 1 amide bonds. The van der Waals surface area contributed by atoms with Crippen LogP contribution in [0.15, 0.2) is 36.8 Å². The lowest BCUT2D eigenvalue weighted by molar-refractivity contribution is -0.121. The second-order valence-electron chi connectivity index (χ2n) is 11.6. The van der Waals surface area contributed by atoms with Crippen LogP contribution in [-0.2, 0) is 40.2 Å². The highest BCUT2D eigenvalue weighted by Gasteiger charge is 2.31. The Morgan fingerprint density at radius 2 is 2.04 bits per heavy atom. The largest absolute Gasteiger partial charge is 0.381 e. The molecule has 0 saturated carbocycles. The number of fused-ring (bicyclic) bond motifs is 2. The number of alkyl halides is 2. The fourth-order valence-electron chi connectivity index (χ4n) is 6.84. The van der Waals surface area contributed by atoms with E-state index in [0.29, 0.717) is 37.4 Å². The quantitative estimate of drug-likeness (QED) is 0.174. The number of hydroxylamine groups is 1. The molecule has 3 aromatic heterocycles. The Balaban J connectivity index is 1.47. The van der Waals surface area contributed by atoms with Gasteiger partial charge in [0.2, 0.25) is 5.91 Å². The Hall–Kier alpha value is -3.87. The number of carbonyl (C=O) groups excluding carboxylic acids is 1. The number of halogens is 2. The van der Waals surface area contributed by atoms with E-state index in [0.717, 1.165) is 77.8 Å². The van der Waals surface area contributed by atoms with Gasteiger partial charge in [-0.15, -0.1) is 0 Å². The number of rotatable bonds is 11. The van der Waals surface area contributed by atoms with Crippen LogP contribution in [0.2, 0.25) is 0 Å². The van der Waals surface area contributed by atoms with Crippen LogP contribution < -0.4 is 15.7 Å². The summed E-state index contributed by atoms with van der Waals surface area (Å²) < 4.78 is 39.5. The molecular formula is C33H41F2N7O3. The van der Waals surface area contributed by atoms with Crippen molar-refractivity contribution < 1.29 is 23.1 Å². The SMILES string of the molecule is CCc1c(N2CCCc3cc(-c4cn(CC(=O)NC)c5ccncc45)c(C(F)F)cc32)nn(C2CCOCC2)c1CCNOC. The van der Waals surface area contributed by atoms with Gasteiger partial charge in [0.15, 0.2) is 5.82 Å². The number of pyridine rings is 1. The fraction of sp³-hybridized carbons (Fsp3) is 0.485. The third-order valence-electron chi connectivity index (χ3n) is 9.02. The Morgan fingerprint density at radius 3 is 2.78 bits per heavy atom. The molecular weight excluding hydrogens is 580 g/mol. The normalized spacial score (nSPS) is 15.6. The molecule has 2 N–H and O–H groups in total. The molecule has 0 radical (unpaired) electrons. The zero-order valence-corrected chi connectivity index (χ0v) is 26.1. The molecule has 0 unspecified atom stereocenters. The van der Waals surface area contributed by atoms with Crippen LogP contribution in [0.25, 0.3) is 22.0 Å². The molecule has 2 aliphatic heterocycles. The summed E-state index contributed by atoms with van der Waals surface area (Å²) >= 11 is 0. The molecule has 5 heterocycles. The zero-order chi connectivity index (χ0) is 31.5. The van der Waals surface area contributed by atoms with Crippen LogP contribution in [0.5, 0.6) is 0 Å². The Morgan fingerprint density at radius 1 is 1.22 bits per heavy atom. The molecule has 10 nitrogen and oxygen atoms in total. The highest BCUT2D eigenvalue weighted by Crippen LogP contribution is 2.44. The van der Waals surface area contributed by atoms with E-state index < -0.39 is 6.43 Å². The molecule has 1 fully saturated rings. The molecule has 4 aromatic rings. The Labute approximate surface area is 261 Å². The van der Waals surface area contributed by atoms with Crippen molar-refractivity contribution in [3.63, 3.8) is 0 Å². The van der Waals surface area contributed by atoms with Gasteiger partial charge in [-0.2, -0.15) is 5.10 Å². The summed E-state index contributed by atoms with van der Waals surface area (Å²) in [5.74, 6) is 0.673. The molecule has 2 aliphatic rings. The molecule has 6 rings (SSSR count). The van der Waals surface area contributed by atoms with Crippen LogP contribution in [0.3, 0.4) is 0 Å². The molecule has 0 atom stereocenters. The summed E-state index contributed by atoms with van der Waals surface area (Å²) in [6.45, 7) is 4.92. The summed E-state index contributed by atoms with van der Waals surface area (Å²) in [6.07, 6.45) is 7.32. The van der Waals surface area contributed by atoms with E-state index in [-0.39, 0.29) is 24.1 Å². The summed E-state index contributed by atoms with van der Waals surface area (Å²) in [6, 6.07) is 5.61. The van der Waals surface area contributed by atoms with E-state index in [1.807, 2.05) is 12.1 Å². The summed E-state index contributed by atoms with van der Waals surface area (Å²) in [4.78, 5) is 23.8. The van der Waals surface area contributed by atoms with Crippen molar-refractivity contribution in [1.29, 1.82) is 0 Å². The summed E-state index contributed by atoms with van der Waals surface area (Å²) in [5, 5.41) is 8.60. The van der Waals surface area contributed by atoms with E-state index in [9.17, 15) is 13.6 Å². The van der Waals surface area contributed by atoms with Gasteiger partial charge < -0.3 is 24.4 Å². The zero-order valence-electron chi connectivity index (χ0n) is 26.1. The van der Waals surface area contributed by atoms with Crippen molar-refractivity contribution in [3.8, 4) is 11.1 Å². The highest BCUT2D eigenvalue weighted by atomic mass is 19.3. The fourth-order valence-corrected chi connectivity index (χ4v) is 6.84. The number of nitrogens with one attached hydrogen (secondary N) is 2. The van der Waals surface area contributed by atoms with Crippen LogP contribution in [-0.4, -0.2) is 65.7 Å². The number of hydrogen-bond acceptors (Lipinski definition) is 7. The average molecular weight is 622 g/mol. The van der Waals surface area contributed by atoms with Gasteiger partial charge >= 0.3 is 0 Å². The van der Waals surface area contributed by atoms with Crippen molar-refractivity contribution in [3.05, 3.63) is 59.2 Å². The van der Waals surface area contributed by atoms with Crippen LogP contribution in [0.4, 0.5) is 20.3 Å². The first kappa shape index (κ1) is 31.1. The van der Waals surface area contributed by atoms with E-state index in [4.69, 9.17) is 14.7 Å². The minimum Gasteiger partial charge on any atom is -0.381 e. The van der Waals surface area contributed by atoms with E-state index in [1.54, 1.807) is 43.4 Å². The maximum atomic E-state index is 15.0. The number of hydrogen-bond donors (Lipinski definition) is 2. The number of ether oxygens (including phenoxy) is 1. The third-order valence-corrected chi connectivity index (χ3v) is 9.02. The topological polar surface area (TPSA) is 98.5 Å². The van der Waals surface area contributed by atoms with Gasteiger partial charge in [0, 0.05) is 91.8 Å². The summed E-state index contributed by atoms with van der Waals surface area (Å²) in [5.41, 5.74) is 8.86. The smallest absolute Gasteiger partial charge is 0.264 e. The van der Waals surface area contributed by atoms with Crippen molar-refractivity contribution in [2.75, 3.05) is 45.4 Å². The van der Waals surface area contributed by atoms with Crippen molar-refractivity contribution in [2.45, 2.75) is 64.5 Å². The first-order chi connectivity index (χ1) is 21.9.